The molecule has 1 rings (SSSR count). The van der Waals surface area contributed by atoms with Gasteiger partial charge in [0, 0.05) is 13.6 Å². The summed E-state index contributed by atoms with van der Waals surface area (Å²) in [5, 5.41) is 12.4. The van der Waals surface area contributed by atoms with Crippen molar-refractivity contribution < 1.29 is 14.6 Å². The number of hydrogen-bond donors (Lipinski definition) is 2. The first-order chi connectivity index (χ1) is 6.65. The first-order valence-electron chi connectivity index (χ1n) is 4.88. The molecule has 0 aromatic heterocycles. The highest BCUT2D eigenvalue weighted by atomic mass is 16.5. The molecule has 1 aliphatic heterocycles. The molecule has 2 unspecified atom stereocenters. The summed E-state index contributed by atoms with van der Waals surface area (Å²) >= 11 is 0. The lowest BCUT2D eigenvalue weighted by Crippen LogP contribution is -2.44. The van der Waals surface area contributed by atoms with E-state index in [2.05, 4.69) is 5.32 Å². The van der Waals surface area contributed by atoms with Gasteiger partial charge in [-0.15, -0.1) is 0 Å². The van der Waals surface area contributed by atoms with Crippen LogP contribution < -0.4 is 5.32 Å². The molecular formula is C9H18N2O3. The lowest BCUT2D eigenvalue weighted by Gasteiger charge is -2.18. The van der Waals surface area contributed by atoms with Crippen molar-refractivity contribution in [1.29, 1.82) is 0 Å². The Morgan fingerprint density at radius 3 is 2.86 bits per heavy atom. The largest absolute Gasteiger partial charge is 0.389 e. The van der Waals surface area contributed by atoms with E-state index in [0.717, 1.165) is 0 Å². The van der Waals surface area contributed by atoms with E-state index in [1.807, 2.05) is 6.92 Å². The van der Waals surface area contributed by atoms with Crippen LogP contribution in [0.5, 0.6) is 0 Å². The third-order valence-electron chi connectivity index (χ3n) is 2.47. The molecule has 1 saturated heterocycles. The topological polar surface area (TPSA) is 61.8 Å². The van der Waals surface area contributed by atoms with Crippen molar-refractivity contribution in [1.82, 2.24) is 10.2 Å². The summed E-state index contributed by atoms with van der Waals surface area (Å²) in [6.45, 7) is 3.71. The number of likely N-dealkylation sites (N-methyl/N-ethyl adjacent to an activating group) is 1. The van der Waals surface area contributed by atoms with Crippen LogP contribution in [0, 0.1) is 0 Å². The maximum absolute atomic E-state index is 11.4. The third-order valence-corrected chi connectivity index (χ3v) is 2.47. The fourth-order valence-electron chi connectivity index (χ4n) is 1.27. The van der Waals surface area contributed by atoms with E-state index in [4.69, 9.17) is 4.74 Å². The molecule has 1 amide bonds. The van der Waals surface area contributed by atoms with Crippen LogP contribution in [-0.4, -0.2) is 61.4 Å². The number of hydrogen-bond acceptors (Lipinski definition) is 4. The van der Waals surface area contributed by atoms with E-state index in [1.165, 1.54) is 0 Å². The van der Waals surface area contributed by atoms with Gasteiger partial charge in [-0.2, -0.15) is 0 Å². The zero-order chi connectivity index (χ0) is 10.6. The van der Waals surface area contributed by atoms with E-state index >= 15 is 0 Å². The van der Waals surface area contributed by atoms with Gasteiger partial charge in [-0.25, -0.2) is 0 Å². The number of aliphatic hydroxyl groups excluding tert-OH is 1. The first kappa shape index (κ1) is 11.4. The first-order valence-corrected chi connectivity index (χ1v) is 4.88. The van der Waals surface area contributed by atoms with Crippen LogP contribution >= 0.6 is 0 Å². The molecule has 5 nitrogen and oxygen atoms in total. The smallest absolute Gasteiger partial charge is 0.236 e. The van der Waals surface area contributed by atoms with E-state index in [1.54, 1.807) is 11.9 Å². The van der Waals surface area contributed by atoms with Crippen molar-refractivity contribution in [2.45, 2.75) is 19.1 Å². The molecule has 0 radical (unpaired) electrons. The van der Waals surface area contributed by atoms with Crippen molar-refractivity contribution >= 4 is 5.91 Å². The summed E-state index contributed by atoms with van der Waals surface area (Å²) < 4.78 is 5.05. The fraction of sp³-hybridized carbons (Fsp3) is 0.889. The summed E-state index contributed by atoms with van der Waals surface area (Å²) in [4.78, 5) is 13.0. The molecule has 0 aliphatic carbocycles. The Morgan fingerprint density at radius 2 is 2.36 bits per heavy atom. The number of nitrogens with one attached hydrogen (secondary N) is 1. The quantitative estimate of drug-likeness (QED) is 0.602. The lowest BCUT2D eigenvalue weighted by atomic mass is 10.2. The Balaban J connectivity index is 2.22. The number of aliphatic hydroxyl groups is 1. The average Bonchev–Trinajstić information content (AvgIpc) is 2.59. The molecule has 14 heavy (non-hydrogen) atoms. The van der Waals surface area contributed by atoms with Crippen molar-refractivity contribution in [2.24, 2.45) is 0 Å². The number of amides is 1. The number of nitrogens with zero attached hydrogens (tertiary/aromatic N) is 1. The predicted molar refractivity (Wildman–Crippen MR) is 51.9 cm³/mol. The van der Waals surface area contributed by atoms with Gasteiger partial charge in [-0.05, 0) is 6.92 Å². The molecule has 1 heterocycles. The molecule has 0 aromatic carbocycles. The molecular weight excluding hydrogens is 184 g/mol. The predicted octanol–water partition coefficient (Wildman–Crippen LogP) is -1.19. The zero-order valence-corrected chi connectivity index (χ0v) is 8.69. The molecule has 2 N–H and O–H groups in total. The second kappa shape index (κ2) is 5.29. The molecule has 0 aromatic rings. The minimum atomic E-state index is -0.491. The van der Waals surface area contributed by atoms with Gasteiger partial charge in [0.15, 0.2) is 0 Å². The van der Waals surface area contributed by atoms with Crippen molar-refractivity contribution in [3.63, 3.8) is 0 Å². The van der Waals surface area contributed by atoms with Crippen molar-refractivity contribution in [3.8, 4) is 0 Å². The van der Waals surface area contributed by atoms with Gasteiger partial charge in [0.2, 0.25) is 5.91 Å². The van der Waals surface area contributed by atoms with Crippen LogP contribution in [-0.2, 0) is 9.53 Å². The highest BCUT2D eigenvalue weighted by Crippen LogP contribution is 2.04. The Bertz CT molecular complexity index is 198. The van der Waals surface area contributed by atoms with Crippen LogP contribution in [0.15, 0.2) is 0 Å². The van der Waals surface area contributed by atoms with E-state index in [-0.39, 0.29) is 18.5 Å². The summed E-state index contributed by atoms with van der Waals surface area (Å²) in [6, 6.07) is -0.107. The highest BCUT2D eigenvalue weighted by Gasteiger charge is 2.26. The molecule has 0 bridgehead atoms. The molecule has 5 heteroatoms. The van der Waals surface area contributed by atoms with Gasteiger partial charge in [0.1, 0.15) is 0 Å². The molecule has 0 saturated carbocycles. The van der Waals surface area contributed by atoms with Crippen LogP contribution in [0.1, 0.15) is 6.92 Å². The Morgan fingerprint density at radius 1 is 1.64 bits per heavy atom. The monoisotopic (exact) mass is 202 g/mol. The normalized spacial score (nSPS) is 26.5. The molecule has 0 spiro atoms. The molecule has 82 valence electrons. The van der Waals surface area contributed by atoms with Gasteiger partial charge in [-0.1, -0.05) is 0 Å². The van der Waals surface area contributed by atoms with Crippen LogP contribution in [0.25, 0.3) is 0 Å². The maximum Gasteiger partial charge on any atom is 0.236 e. The molecule has 1 fully saturated rings. The number of carbonyl (C=O) groups is 1. The molecule has 1 aliphatic rings. The standard InChI is InChI=1S/C9H18N2O3/c1-3-11(2)9(13)4-10-7-5-14-6-8(7)12/h7-8,10,12H,3-6H2,1-2H3. The van der Waals surface area contributed by atoms with Gasteiger partial charge in [0.25, 0.3) is 0 Å². The zero-order valence-electron chi connectivity index (χ0n) is 8.69. The molecule has 2 atom stereocenters. The lowest BCUT2D eigenvalue weighted by molar-refractivity contribution is -0.128. The second-order valence-corrected chi connectivity index (χ2v) is 3.50. The SMILES string of the molecule is CCN(C)C(=O)CNC1COCC1O. The van der Waals surface area contributed by atoms with Crippen LogP contribution in [0.4, 0.5) is 0 Å². The number of ether oxygens (including phenoxy) is 1. The maximum atomic E-state index is 11.4. The Hall–Kier alpha value is -0.650. The van der Waals surface area contributed by atoms with Gasteiger partial charge in [0.05, 0.1) is 31.9 Å². The summed E-state index contributed by atoms with van der Waals surface area (Å²) in [5.74, 6) is 0.0339. The fourth-order valence-corrected chi connectivity index (χ4v) is 1.27. The van der Waals surface area contributed by atoms with Crippen molar-refractivity contribution in [2.75, 3.05) is 33.4 Å². The van der Waals surface area contributed by atoms with Crippen LogP contribution in [0.3, 0.4) is 0 Å². The third kappa shape index (κ3) is 2.94. The summed E-state index contributed by atoms with van der Waals surface area (Å²) in [6.07, 6.45) is -0.491. The van der Waals surface area contributed by atoms with Crippen molar-refractivity contribution in [3.05, 3.63) is 0 Å². The van der Waals surface area contributed by atoms with Crippen LogP contribution in [0.2, 0.25) is 0 Å². The minimum absolute atomic E-state index is 0.0339. The second-order valence-electron chi connectivity index (χ2n) is 3.50. The average molecular weight is 202 g/mol. The van der Waals surface area contributed by atoms with Gasteiger partial charge in [-0.3, -0.25) is 4.79 Å². The van der Waals surface area contributed by atoms with E-state index in [0.29, 0.717) is 19.8 Å². The van der Waals surface area contributed by atoms with Gasteiger partial charge >= 0.3 is 0 Å². The highest BCUT2D eigenvalue weighted by molar-refractivity contribution is 5.77. The van der Waals surface area contributed by atoms with Gasteiger partial charge < -0.3 is 20.1 Å². The number of carbonyl (C=O) groups excluding carboxylic acids is 1. The Labute approximate surface area is 84.0 Å². The van der Waals surface area contributed by atoms with E-state index < -0.39 is 6.10 Å². The minimum Gasteiger partial charge on any atom is -0.389 e. The summed E-state index contributed by atoms with van der Waals surface area (Å²) in [5.41, 5.74) is 0. The van der Waals surface area contributed by atoms with E-state index in [9.17, 15) is 9.90 Å². The summed E-state index contributed by atoms with van der Waals surface area (Å²) in [7, 11) is 1.76. The number of rotatable bonds is 4. The Kier molecular flexibility index (Phi) is 4.31.